The second kappa shape index (κ2) is 13.5. The normalized spacial score (nSPS) is 20.5. The third-order valence-electron chi connectivity index (χ3n) is 9.43. The van der Waals surface area contributed by atoms with Crippen LogP contribution in [-0.2, 0) is 16.6 Å². The minimum Gasteiger partial charge on any atom is -0.400 e. The maximum absolute atomic E-state index is 7.00. The highest BCUT2D eigenvalue weighted by molar-refractivity contribution is 5.90. The van der Waals surface area contributed by atoms with E-state index < -0.39 is 0 Å². The van der Waals surface area contributed by atoms with Crippen LogP contribution in [0, 0.1) is 0 Å². The minimum absolute atomic E-state index is 0.0645. The first kappa shape index (κ1) is 32.4. The third-order valence-corrected chi connectivity index (χ3v) is 9.43. The van der Waals surface area contributed by atoms with E-state index in [1.807, 2.05) is 0 Å². The molecular weight excluding hydrogens is 550 g/mol. The monoisotopic (exact) mass is 603 g/mol. The quantitative estimate of drug-likeness (QED) is 0.211. The van der Waals surface area contributed by atoms with Crippen LogP contribution in [0.15, 0.2) is 30.7 Å². The van der Waals surface area contributed by atoms with Gasteiger partial charge in [-0.3, -0.25) is 4.90 Å². The van der Waals surface area contributed by atoms with Crippen molar-refractivity contribution in [3.63, 3.8) is 0 Å². The van der Waals surface area contributed by atoms with Gasteiger partial charge >= 0.3 is 0 Å². The van der Waals surface area contributed by atoms with Gasteiger partial charge in [0.1, 0.15) is 29.8 Å². The van der Waals surface area contributed by atoms with E-state index >= 15 is 0 Å². The Hall–Kier alpha value is -3.01. The molecule has 44 heavy (non-hydrogen) atoms. The molecule has 3 fully saturated rings. The summed E-state index contributed by atoms with van der Waals surface area (Å²) in [5.74, 6) is 2.29. The predicted molar refractivity (Wildman–Crippen MR) is 179 cm³/mol. The zero-order valence-electron chi connectivity index (χ0n) is 27.8. The number of hydrogen-bond acceptors (Lipinski definition) is 7. The fourth-order valence-corrected chi connectivity index (χ4v) is 6.52. The van der Waals surface area contributed by atoms with Gasteiger partial charge in [-0.2, -0.15) is 0 Å². The van der Waals surface area contributed by atoms with Crippen molar-refractivity contribution < 1.29 is 9.84 Å². The lowest BCUT2D eigenvalue weighted by molar-refractivity contribution is -0.0311. The SMILES string of the molecule is CC(C)N(CC1CCC(n2cc(C3CC3)c3c(N)ncnc32)O1)C1CCC1.CCc1nc2ccc(C(C)(C)C)cc2[nH]1.CO. The molecule has 7 rings (SSSR count). The number of ether oxygens (including phenoxy) is 1. The van der Waals surface area contributed by atoms with Crippen molar-refractivity contribution >= 4 is 27.9 Å². The number of aromatic amines is 1. The Morgan fingerprint density at radius 2 is 1.84 bits per heavy atom. The number of rotatable bonds is 7. The Labute approximate surface area is 262 Å². The smallest absolute Gasteiger partial charge is 0.147 e. The molecule has 3 aromatic heterocycles. The van der Waals surface area contributed by atoms with Crippen LogP contribution in [0.25, 0.3) is 22.1 Å². The summed E-state index contributed by atoms with van der Waals surface area (Å²) in [7, 11) is 1.00. The number of aromatic nitrogens is 5. The lowest BCUT2D eigenvalue weighted by Crippen LogP contribution is -2.47. The molecule has 9 heteroatoms. The van der Waals surface area contributed by atoms with Crippen molar-refractivity contribution in [3.05, 3.63) is 47.7 Å². The van der Waals surface area contributed by atoms with E-state index in [2.05, 4.69) is 95.3 Å². The highest BCUT2D eigenvalue weighted by Gasteiger charge is 2.35. The molecule has 1 aromatic carbocycles. The average Bonchev–Trinajstić information content (AvgIpc) is 3.38. The Bertz CT molecular complexity index is 1530. The first-order valence-electron chi connectivity index (χ1n) is 16.6. The summed E-state index contributed by atoms with van der Waals surface area (Å²) in [6.07, 6.45) is 13.9. The standard InChI is InChI=1S/C21H31N5O.C13H18N2.CH4O/c1-13(2)25(15-4-3-5-15)10-16-8-9-18(27-16)26-11-17(14-6-7-14)19-20(22)23-12-24-21(19)26;1-5-12-14-10-7-6-9(13(2,3)4)8-11(10)15-12;1-2/h11-16,18H,3-10H2,1-2H3,(H2,22,23,24);6-8H,5H2,1-4H3,(H,14,15);2H,1H3. The Balaban J connectivity index is 0.000000192. The predicted octanol–water partition coefficient (Wildman–Crippen LogP) is 6.86. The molecule has 1 aliphatic heterocycles. The Morgan fingerprint density at radius 1 is 1.09 bits per heavy atom. The summed E-state index contributed by atoms with van der Waals surface area (Å²) in [5.41, 5.74) is 12.2. The molecule has 9 nitrogen and oxygen atoms in total. The number of nitrogens with two attached hydrogens (primary N) is 1. The zero-order chi connectivity index (χ0) is 31.6. The van der Waals surface area contributed by atoms with Crippen LogP contribution in [0.2, 0.25) is 0 Å². The van der Waals surface area contributed by atoms with Gasteiger partial charge in [0.25, 0.3) is 0 Å². The van der Waals surface area contributed by atoms with Crippen LogP contribution in [0.1, 0.15) is 116 Å². The molecule has 4 N–H and O–H groups in total. The van der Waals surface area contributed by atoms with Gasteiger partial charge in [0.05, 0.1) is 22.5 Å². The van der Waals surface area contributed by atoms with Crippen LogP contribution < -0.4 is 5.73 Å². The van der Waals surface area contributed by atoms with E-state index in [-0.39, 0.29) is 11.6 Å². The molecule has 2 aliphatic carbocycles. The summed E-state index contributed by atoms with van der Waals surface area (Å²) in [4.78, 5) is 19.3. The first-order chi connectivity index (χ1) is 21.1. The van der Waals surface area contributed by atoms with Gasteiger partial charge in [-0.25, -0.2) is 15.0 Å². The minimum atomic E-state index is 0.0645. The fraction of sp³-hybridized carbons (Fsp3) is 0.629. The molecule has 3 aliphatic rings. The number of fused-ring (bicyclic) bond motifs is 2. The van der Waals surface area contributed by atoms with Gasteiger partial charge in [0.2, 0.25) is 0 Å². The van der Waals surface area contributed by atoms with Crippen molar-refractivity contribution in [1.82, 2.24) is 29.4 Å². The van der Waals surface area contributed by atoms with Gasteiger partial charge in [-0.1, -0.05) is 40.2 Å². The van der Waals surface area contributed by atoms with Crippen molar-refractivity contribution in [2.75, 3.05) is 19.4 Å². The molecule has 4 heterocycles. The number of aliphatic hydroxyl groups is 1. The topological polar surface area (TPSA) is 118 Å². The summed E-state index contributed by atoms with van der Waals surface area (Å²) in [6, 6.07) is 7.82. The largest absolute Gasteiger partial charge is 0.400 e. The summed E-state index contributed by atoms with van der Waals surface area (Å²) >= 11 is 0. The number of aliphatic hydroxyl groups excluding tert-OH is 1. The second-order valence-corrected chi connectivity index (χ2v) is 13.9. The number of nitrogen functional groups attached to an aromatic ring is 1. The van der Waals surface area contributed by atoms with Gasteiger partial charge in [-0.05, 0) is 87.0 Å². The highest BCUT2D eigenvalue weighted by atomic mass is 16.5. The van der Waals surface area contributed by atoms with Crippen LogP contribution in [0.4, 0.5) is 5.82 Å². The molecule has 0 radical (unpaired) electrons. The average molecular weight is 604 g/mol. The number of anilines is 1. The Kier molecular flexibility index (Phi) is 9.97. The van der Waals surface area contributed by atoms with E-state index in [1.165, 1.54) is 43.2 Å². The molecule has 2 saturated carbocycles. The first-order valence-corrected chi connectivity index (χ1v) is 16.6. The second-order valence-electron chi connectivity index (χ2n) is 13.9. The Morgan fingerprint density at radius 3 is 2.45 bits per heavy atom. The summed E-state index contributed by atoms with van der Waals surface area (Å²) < 4.78 is 8.75. The van der Waals surface area contributed by atoms with E-state index in [4.69, 9.17) is 15.6 Å². The van der Waals surface area contributed by atoms with Crippen molar-refractivity contribution in [1.29, 1.82) is 0 Å². The summed E-state index contributed by atoms with van der Waals surface area (Å²) in [5, 5.41) is 8.05. The van der Waals surface area contributed by atoms with E-state index in [9.17, 15) is 0 Å². The number of aryl methyl sites for hydroxylation is 1. The van der Waals surface area contributed by atoms with Gasteiger partial charge in [0, 0.05) is 38.4 Å². The lowest BCUT2D eigenvalue weighted by Gasteiger charge is -2.41. The fourth-order valence-electron chi connectivity index (χ4n) is 6.52. The zero-order valence-corrected chi connectivity index (χ0v) is 27.8. The summed E-state index contributed by atoms with van der Waals surface area (Å²) in [6.45, 7) is 14.5. The maximum atomic E-state index is 7.00. The van der Waals surface area contributed by atoms with Gasteiger partial charge < -0.3 is 25.1 Å². The number of benzene rings is 1. The molecule has 4 aromatic rings. The molecule has 0 bridgehead atoms. The molecule has 0 amide bonds. The van der Waals surface area contributed by atoms with Crippen LogP contribution >= 0.6 is 0 Å². The maximum Gasteiger partial charge on any atom is 0.147 e. The molecular formula is C35H53N7O2. The van der Waals surface area contributed by atoms with Crippen LogP contribution in [0.3, 0.4) is 0 Å². The van der Waals surface area contributed by atoms with E-state index in [0.29, 0.717) is 23.9 Å². The van der Waals surface area contributed by atoms with E-state index in [1.54, 1.807) is 6.33 Å². The van der Waals surface area contributed by atoms with Gasteiger partial charge in [-0.15, -0.1) is 0 Å². The highest BCUT2D eigenvalue weighted by Crippen LogP contribution is 2.46. The van der Waals surface area contributed by atoms with E-state index in [0.717, 1.165) is 66.9 Å². The number of nitrogens with zero attached hydrogens (tertiary/aromatic N) is 5. The molecule has 240 valence electrons. The molecule has 2 atom stereocenters. The van der Waals surface area contributed by atoms with Gasteiger partial charge in [0.15, 0.2) is 0 Å². The number of imidazole rings is 1. The lowest BCUT2D eigenvalue weighted by atomic mass is 9.87. The van der Waals surface area contributed by atoms with Crippen molar-refractivity contribution in [2.45, 2.75) is 129 Å². The molecule has 0 spiro atoms. The number of nitrogens with one attached hydrogen (secondary N) is 1. The van der Waals surface area contributed by atoms with Crippen molar-refractivity contribution in [3.8, 4) is 0 Å². The molecule has 1 saturated heterocycles. The molecule has 2 unspecified atom stereocenters. The van der Waals surface area contributed by atoms with Crippen LogP contribution in [0.5, 0.6) is 0 Å². The van der Waals surface area contributed by atoms with Crippen molar-refractivity contribution in [2.24, 2.45) is 0 Å². The third kappa shape index (κ3) is 6.95. The number of hydrogen-bond donors (Lipinski definition) is 3. The van der Waals surface area contributed by atoms with Crippen LogP contribution in [-0.4, -0.2) is 66.4 Å². The number of H-pyrrole nitrogens is 1.